The molecule has 4 nitrogen and oxygen atoms in total. The second kappa shape index (κ2) is 6.93. The van der Waals surface area contributed by atoms with Crippen LogP contribution in [-0.2, 0) is 14.8 Å². The lowest BCUT2D eigenvalue weighted by Gasteiger charge is -2.23. The summed E-state index contributed by atoms with van der Waals surface area (Å²) in [6.45, 7) is 0.961. The molecule has 1 atom stereocenters. The van der Waals surface area contributed by atoms with Gasteiger partial charge in [0.25, 0.3) is 0 Å². The number of rotatable bonds is 7. The maximum absolute atomic E-state index is 12.0. The van der Waals surface area contributed by atoms with Crippen molar-refractivity contribution < 1.29 is 13.2 Å². The van der Waals surface area contributed by atoms with E-state index in [1.165, 1.54) is 7.11 Å². The molecule has 0 saturated carbocycles. The third kappa shape index (κ3) is 3.98. The highest BCUT2D eigenvalue weighted by molar-refractivity contribution is 9.09. The van der Waals surface area contributed by atoms with Crippen LogP contribution >= 0.6 is 15.9 Å². The van der Waals surface area contributed by atoms with Gasteiger partial charge in [-0.05, 0) is 25.7 Å². The number of alkyl halides is 1. The molecule has 6 heteroatoms. The molecule has 1 rings (SSSR count). The van der Waals surface area contributed by atoms with Crippen molar-refractivity contribution in [3.8, 4) is 0 Å². The van der Waals surface area contributed by atoms with Gasteiger partial charge in [-0.1, -0.05) is 15.9 Å². The molecule has 1 fully saturated rings. The summed E-state index contributed by atoms with van der Waals surface area (Å²) in [5.41, 5.74) is 0. The van der Waals surface area contributed by atoms with E-state index in [1.807, 2.05) is 0 Å². The first kappa shape index (κ1) is 14.4. The van der Waals surface area contributed by atoms with Crippen molar-refractivity contribution in [2.45, 2.75) is 31.7 Å². The van der Waals surface area contributed by atoms with E-state index in [9.17, 15) is 8.42 Å². The number of ether oxygens (including phenoxy) is 1. The minimum Gasteiger partial charge on any atom is -0.384 e. The Bertz CT molecular complexity index is 294. The molecule has 1 aliphatic rings. The Hall–Kier alpha value is 0.350. The van der Waals surface area contributed by atoms with Crippen LogP contribution < -0.4 is 0 Å². The van der Waals surface area contributed by atoms with E-state index in [-0.39, 0.29) is 18.4 Å². The van der Waals surface area contributed by atoms with Gasteiger partial charge in [0.15, 0.2) is 0 Å². The van der Waals surface area contributed by atoms with Gasteiger partial charge >= 0.3 is 0 Å². The lowest BCUT2D eigenvalue weighted by atomic mass is 10.1. The molecule has 16 heavy (non-hydrogen) atoms. The van der Waals surface area contributed by atoms with Crippen LogP contribution in [0.2, 0.25) is 0 Å². The molecule has 0 aliphatic carbocycles. The minimum atomic E-state index is -3.11. The van der Waals surface area contributed by atoms with Gasteiger partial charge in [0.05, 0.1) is 12.4 Å². The lowest BCUT2D eigenvalue weighted by molar-refractivity contribution is 0.215. The Morgan fingerprint density at radius 1 is 1.50 bits per heavy atom. The van der Waals surface area contributed by atoms with Crippen LogP contribution in [0.1, 0.15) is 25.7 Å². The van der Waals surface area contributed by atoms with Crippen LogP contribution in [-0.4, -0.2) is 50.1 Å². The number of nitrogens with zero attached hydrogens (tertiary/aromatic N) is 1. The topological polar surface area (TPSA) is 46.6 Å². The Kier molecular flexibility index (Phi) is 6.25. The molecule has 0 radical (unpaired) electrons. The molecular weight excluding hydrogens is 294 g/mol. The molecule has 0 aromatic carbocycles. The minimum absolute atomic E-state index is 0.105. The van der Waals surface area contributed by atoms with Gasteiger partial charge in [0, 0.05) is 25.0 Å². The first-order valence-corrected chi connectivity index (χ1v) is 8.39. The third-order valence-corrected chi connectivity index (χ3v) is 5.34. The largest absolute Gasteiger partial charge is 0.384 e. The molecule has 96 valence electrons. The first-order valence-electron chi connectivity index (χ1n) is 5.66. The Morgan fingerprint density at radius 3 is 2.88 bits per heavy atom. The monoisotopic (exact) mass is 313 g/mol. The quantitative estimate of drug-likeness (QED) is 0.671. The van der Waals surface area contributed by atoms with E-state index in [1.54, 1.807) is 4.31 Å². The molecule has 0 spiro atoms. The van der Waals surface area contributed by atoms with Crippen LogP contribution in [0.3, 0.4) is 0 Å². The second-order valence-corrected chi connectivity index (χ2v) is 6.88. The highest BCUT2D eigenvalue weighted by atomic mass is 79.9. The molecule has 0 N–H and O–H groups in total. The molecule has 1 saturated heterocycles. The van der Waals surface area contributed by atoms with Crippen LogP contribution in [0.4, 0.5) is 0 Å². The SMILES string of the molecule is COCCS(=O)(=O)N1CCCC1CCCBr. The summed E-state index contributed by atoms with van der Waals surface area (Å²) < 4.78 is 30.5. The van der Waals surface area contributed by atoms with E-state index in [2.05, 4.69) is 15.9 Å². The highest BCUT2D eigenvalue weighted by Gasteiger charge is 2.33. The molecule has 0 aromatic heterocycles. The van der Waals surface area contributed by atoms with Crippen LogP contribution in [0.25, 0.3) is 0 Å². The fourth-order valence-electron chi connectivity index (χ4n) is 2.08. The standard InChI is InChI=1S/C10H20BrNO3S/c1-15-8-9-16(13,14)12-7-3-5-10(12)4-2-6-11/h10H,2-9H2,1H3. The normalized spacial score (nSPS) is 22.8. The summed E-state index contributed by atoms with van der Waals surface area (Å²) in [5.74, 6) is 0.105. The maximum Gasteiger partial charge on any atom is 0.216 e. The van der Waals surface area contributed by atoms with Gasteiger partial charge in [-0.25, -0.2) is 8.42 Å². The zero-order valence-corrected chi connectivity index (χ0v) is 12.1. The summed E-state index contributed by atoms with van der Waals surface area (Å²) in [4.78, 5) is 0. The molecule has 1 unspecified atom stereocenters. The van der Waals surface area contributed by atoms with Gasteiger partial charge in [-0.2, -0.15) is 4.31 Å². The Morgan fingerprint density at radius 2 is 2.25 bits per heavy atom. The predicted octanol–water partition coefficient (Wildman–Crippen LogP) is 1.60. The fraction of sp³-hybridized carbons (Fsp3) is 1.00. The van der Waals surface area contributed by atoms with Crippen LogP contribution in [0.15, 0.2) is 0 Å². The Labute approximate surface area is 107 Å². The van der Waals surface area contributed by atoms with Gasteiger partial charge in [0.1, 0.15) is 0 Å². The lowest BCUT2D eigenvalue weighted by Crippen LogP contribution is -2.38. The van der Waals surface area contributed by atoms with Crippen molar-refractivity contribution >= 4 is 26.0 Å². The summed E-state index contributed by atoms with van der Waals surface area (Å²) in [5, 5.41) is 0.940. The molecule has 0 amide bonds. The number of halogens is 1. The summed E-state index contributed by atoms with van der Waals surface area (Å²) in [6, 6.07) is 0.208. The van der Waals surface area contributed by atoms with Crippen LogP contribution in [0, 0.1) is 0 Å². The van der Waals surface area contributed by atoms with Gasteiger partial charge in [-0.3, -0.25) is 0 Å². The van der Waals surface area contributed by atoms with Gasteiger partial charge < -0.3 is 4.74 Å². The highest BCUT2D eigenvalue weighted by Crippen LogP contribution is 2.25. The van der Waals surface area contributed by atoms with Crippen molar-refractivity contribution in [3.05, 3.63) is 0 Å². The maximum atomic E-state index is 12.0. The zero-order valence-electron chi connectivity index (χ0n) is 9.69. The molecule has 0 bridgehead atoms. The van der Waals surface area contributed by atoms with Crippen molar-refractivity contribution in [2.75, 3.05) is 31.3 Å². The molecule has 1 aliphatic heterocycles. The summed E-state index contributed by atoms with van der Waals surface area (Å²) in [6.07, 6.45) is 3.97. The van der Waals surface area contributed by atoms with E-state index < -0.39 is 10.0 Å². The van der Waals surface area contributed by atoms with Crippen molar-refractivity contribution in [2.24, 2.45) is 0 Å². The van der Waals surface area contributed by atoms with E-state index in [0.29, 0.717) is 6.54 Å². The van der Waals surface area contributed by atoms with Crippen molar-refractivity contribution in [1.29, 1.82) is 0 Å². The molecule has 0 aromatic rings. The summed E-state index contributed by atoms with van der Waals surface area (Å²) >= 11 is 3.38. The number of methoxy groups -OCH3 is 1. The first-order chi connectivity index (χ1) is 7.61. The van der Waals surface area contributed by atoms with Crippen LogP contribution in [0.5, 0.6) is 0 Å². The van der Waals surface area contributed by atoms with Gasteiger partial charge in [0.2, 0.25) is 10.0 Å². The van der Waals surface area contributed by atoms with E-state index in [0.717, 1.165) is 31.0 Å². The number of sulfonamides is 1. The average molecular weight is 314 g/mol. The Balaban J connectivity index is 2.55. The van der Waals surface area contributed by atoms with Crippen molar-refractivity contribution in [1.82, 2.24) is 4.31 Å². The smallest absolute Gasteiger partial charge is 0.216 e. The average Bonchev–Trinajstić information content (AvgIpc) is 2.72. The zero-order chi connectivity index (χ0) is 12.0. The van der Waals surface area contributed by atoms with E-state index in [4.69, 9.17) is 4.74 Å². The fourth-order valence-corrected chi connectivity index (χ4v) is 4.09. The van der Waals surface area contributed by atoms with Crippen molar-refractivity contribution in [3.63, 3.8) is 0 Å². The number of hydrogen-bond donors (Lipinski definition) is 0. The molecular formula is C10H20BrNO3S. The van der Waals surface area contributed by atoms with Gasteiger partial charge in [-0.15, -0.1) is 0 Å². The molecule has 1 heterocycles. The third-order valence-electron chi connectivity index (χ3n) is 2.90. The predicted molar refractivity (Wildman–Crippen MR) is 68.4 cm³/mol. The number of hydrogen-bond acceptors (Lipinski definition) is 3. The second-order valence-electron chi connectivity index (χ2n) is 4.05. The summed E-state index contributed by atoms with van der Waals surface area (Å²) in [7, 11) is -1.58. The van der Waals surface area contributed by atoms with E-state index >= 15 is 0 Å².